The zero-order valence-electron chi connectivity index (χ0n) is 11.8. The molecule has 0 atom stereocenters. The number of β-amino-alcohol motifs (C(OH)–C–C–N with tert-alkyl or cyclic N) is 1. The van der Waals surface area contributed by atoms with E-state index in [1.54, 1.807) is 0 Å². The van der Waals surface area contributed by atoms with Crippen LogP contribution in [0.2, 0.25) is 0 Å². The number of amides is 1. The smallest absolute Gasteiger partial charge is 0.301 e. The van der Waals surface area contributed by atoms with Crippen LogP contribution in [0.15, 0.2) is 10.5 Å². The van der Waals surface area contributed by atoms with Gasteiger partial charge < -0.3 is 9.52 Å². The molecular formula is C13H22N4O3. The fourth-order valence-corrected chi connectivity index (χ4v) is 2.45. The molecule has 2 rings (SSSR count). The van der Waals surface area contributed by atoms with Gasteiger partial charge in [-0.1, -0.05) is 0 Å². The van der Waals surface area contributed by atoms with E-state index in [-0.39, 0.29) is 12.4 Å². The van der Waals surface area contributed by atoms with Crippen LogP contribution in [0.5, 0.6) is 0 Å². The lowest BCUT2D eigenvalue weighted by atomic mass is 10.2. The van der Waals surface area contributed by atoms with E-state index < -0.39 is 5.91 Å². The molecule has 1 amide bonds. The largest absolute Gasteiger partial charge is 0.454 e. The van der Waals surface area contributed by atoms with Gasteiger partial charge in [-0.05, 0) is 13.0 Å². The van der Waals surface area contributed by atoms with E-state index >= 15 is 0 Å². The zero-order valence-corrected chi connectivity index (χ0v) is 11.8. The Morgan fingerprint density at radius 3 is 2.65 bits per heavy atom. The molecule has 1 aromatic rings. The summed E-state index contributed by atoms with van der Waals surface area (Å²) in [6, 6.07) is 1.88. The van der Waals surface area contributed by atoms with E-state index in [0.29, 0.717) is 6.54 Å². The Morgan fingerprint density at radius 1 is 1.40 bits per heavy atom. The number of hydrogen-bond acceptors (Lipinski definition) is 6. The van der Waals surface area contributed by atoms with Crippen LogP contribution in [0.4, 0.5) is 0 Å². The average molecular weight is 282 g/mol. The number of aliphatic hydroxyl groups is 1. The Balaban J connectivity index is 1.90. The molecule has 1 fully saturated rings. The van der Waals surface area contributed by atoms with E-state index in [2.05, 4.69) is 15.2 Å². The number of hydrazine groups is 1. The van der Waals surface area contributed by atoms with E-state index in [9.17, 15) is 4.79 Å². The third-order valence-electron chi connectivity index (χ3n) is 3.57. The molecule has 112 valence electrons. The zero-order chi connectivity index (χ0) is 14.5. The molecule has 0 spiro atoms. The normalized spacial score (nSPS) is 17.4. The lowest BCUT2D eigenvalue weighted by Gasteiger charge is -2.33. The number of aryl methyl sites for hydroxylation is 1. The average Bonchev–Trinajstić information content (AvgIpc) is 2.81. The van der Waals surface area contributed by atoms with Crippen molar-refractivity contribution in [2.24, 2.45) is 5.84 Å². The maximum absolute atomic E-state index is 11.5. The first-order chi connectivity index (χ1) is 9.63. The second kappa shape index (κ2) is 6.85. The maximum Gasteiger partial charge on any atom is 0.301 e. The van der Waals surface area contributed by atoms with Gasteiger partial charge in [-0.3, -0.25) is 20.0 Å². The molecule has 4 N–H and O–H groups in total. The molecule has 1 saturated heterocycles. The van der Waals surface area contributed by atoms with Gasteiger partial charge in [-0.2, -0.15) is 0 Å². The maximum atomic E-state index is 11.5. The van der Waals surface area contributed by atoms with Gasteiger partial charge in [0.05, 0.1) is 13.2 Å². The Bertz CT molecular complexity index is 452. The van der Waals surface area contributed by atoms with Gasteiger partial charge >= 0.3 is 5.91 Å². The Labute approximate surface area is 118 Å². The van der Waals surface area contributed by atoms with Gasteiger partial charge in [0, 0.05) is 38.3 Å². The molecule has 7 nitrogen and oxygen atoms in total. The van der Waals surface area contributed by atoms with Crippen molar-refractivity contribution in [3.8, 4) is 0 Å². The molecule has 0 bridgehead atoms. The van der Waals surface area contributed by atoms with Crippen LogP contribution in [-0.2, 0) is 6.54 Å². The molecular weight excluding hydrogens is 260 g/mol. The van der Waals surface area contributed by atoms with Crippen molar-refractivity contribution in [2.45, 2.75) is 13.5 Å². The second-order valence-electron chi connectivity index (χ2n) is 5.04. The topological polar surface area (TPSA) is 95.0 Å². The lowest BCUT2D eigenvalue weighted by Crippen LogP contribution is -2.46. The van der Waals surface area contributed by atoms with Crippen molar-refractivity contribution in [3.63, 3.8) is 0 Å². The van der Waals surface area contributed by atoms with Gasteiger partial charge in [0.25, 0.3) is 0 Å². The van der Waals surface area contributed by atoms with Crippen LogP contribution in [0.3, 0.4) is 0 Å². The number of piperazine rings is 1. The minimum absolute atomic E-state index is 0.203. The first kappa shape index (κ1) is 15.0. The number of nitrogen functional groups attached to an aromatic ring is 1. The molecule has 1 aliphatic rings. The summed E-state index contributed by atoms with van der Waals surface area (Å²) >= 11 is 0. The minimum Gasteiger partial charge on any atom is -0.454 e. The van der Waals surface area contributed by atoms with Gasteiger partial charge in [-0.25, -0.2) is 5.84 Å². The first-order valence-corrected chi connectivity index (χ1v) is 6.80. The summed E-state index contributed by atoms with van der Waals surface area (Å²) in [5.41, 5.74) is 2.88. The Hall–Kier alpha value is -1.41. The predicted molar refractivity (Wildman–Crippen MR) is 73.9 cm³/mol. The first-order valence-electron chi connectivity index (χ1n) is 6.80. The van der Waals surface area contributed by atoms with Crippen molar-refractivity contribution in [1.82, 2.24) is 15.2 Å². The number of carbonyl (C=O) groups is 1. The standard InChI is InChI=1S/C13H22N4O3/c1-10-8-11(20-12(10)13(19)15-14)9-17-4-2-16(3-5-17)6-7-18/h8,18H,2-7,9,14H2,1H3,(H,15,19). The number of nitrogens with one attached hydrogen (secondary N) is 1. The van der Waals surface area contributed by atoms with E-state index in [1.807, 2.05) is 13.0 Å². The Morgan fingerprint density at radius 2 is 2.05 bits per heavy atom. The Kier molecular flexibility index (Phi) is 5.13. The fraction of sp³-hybridized carbons (Fsp3) is 0.615. The molecule has 1 aliphatic heterocycles. The summed E-state index contributed by atoms with van der Waals surface area (Å²) in [6.07, 6.45) is 0. The predicted octanol–water partition coefficient (Wildman–Crippen LogP) is -0.699. The quantitative estimate of drug-likeness (QED) is 0.376. The van der Waals surface area contributed by atoms with E-state index in [0.717, 1.165) is 44.0 Å². The highest BCUT2D eigenvalue weighted by Gasteiger charge is 2.20. The summed E-state index contributed by atoms with van der Waals surface area (Å²) in [5.74, 6) is 5.77. The highest BCUT2D eigenvalue weighted by molar-refractivity contribution is 5.92. The monoisotopic (exact) mass is 282 g/mol. The van der Waals surface area contributed by atoms with Crippen LogP contribution >= 0.6 is 0 Å². The third-order valence-corrected chi connectivity index (χ3v) is 3.57. The minimum atomic E-state index is -0.401. The number of nitrogens with two attached hydrogens (primary N) is 1. The van der Waals surface area contributed by atoms with Crippen molar-refractivity contribution >= 4 is 5.91 Å². The number of carbonyl (C=O) groups excluding carboxylic acids is 1. The van der Waals surface area contributed by atoms with Crippen LogP contribution in [-0.4, -0.2) is 60.1 Å². The van der Waals surface area contributed by atoms with Crippen LogP contribution in [0, 0.1) is 6.92 Å². The van der Waals surface area contributed by atoms with Crippen LogP contribution < -0.4 is 11.3 Å². The fourth-order valence-electron chi connectivity index (χ4n) is 2.45. The van der Waals surface area contributed by atoms with E-state index in [1.165, 1.54) is 0 Å². The molecule has 7 heteroatoms. The number of hydrogen-bond donors (Lipinski definition) is 3. The molecule has 0 radical (unpaired) electrons. The van der Waals surface area contributed by atoms with Crippen molar-refractivity contribution < 1.29 is 14.3 Å². The van der Waals surface area contributed by atoms with Crippen molar-refractivity contribution in [2.75, 3.05) is 39.3 Å². The summed E-state index contributed by atoms with van der Waals surface area (Å²) in [5, 5.41) is 8.91. The molecule has 2 heterocycles. The van der Waals surface area contributed by atoms with Gasteiger partial charge in [0.1, 0.15) is 5.76 Å². The molecule has 0 unspecified atom stereocenters. The second-order valence-corrected chi connectivity index (χ2v) is 5.04. The van der Waals surface area contributed by atoms with E-state index in [4.69, 9.17) is 15.4 Å². The number of rotatable bonds is 5. The molecule has 1 aromatic heterocycles. The highest BCUT2D eigenvalue weighted by Crippen LogP contribution is 2.17. The third kappa shape index (κ3) is 3.57. The van der Waals surface area contributed by atoms with Crippen LogP contribution in [0.1, 0.15) is 21.9 Å². The van der Waals surface area contributed by atoms with Gasteiger partial charge in [-0.15, -0.1) is 0 Å². The molecule has 0 aromatic carbocycles. The summed E-state index contributed by atoms with van der Waals surface area (Å²) in [6.45, 7) is 7.19. The lowest BCUT2D eigenvalue weighted by molar-refractivity contribution is 0.0909. The highest BCUT2D eigenvalue weighted by atomic mass is 16.4. The molecule has 0 aliphatic carbocycles. The molecule has 0 saturated carbocycles. The molecule has 20 heavy (non-hydrogen) atoms. The summed E-state index contributed by atoms with van der Waals surface area (Å²) < 4.78 is 5.56. The van der Waals surface area contributed by atoms with Crippen molar-refractivity contribution in [1.29, 1.82) is 0 Å². The van der Waals surface area contributed by atoms with Gasteiger partial charge in [0.2, 0.25) is 0 Å². The van der Waals surface area contributed by atoms with Crippen LogP contribution in [0.25, 0.3) is 0 Å². The number of aliphatic hydroxyl groups excluding tert-OH is 1. The van der Waals surface area contributed by atoms with Gasteiger partial charge in [0.15, 0.2) is 5.76 Å². The summed E-state index contributed by atoms with van der Waals surface area (Å²) in [7, 11) is 0. The number of furan rings is 1. The van der Waals surface area contributed by atoms with Crippen molar-refractivity contribution in [3.05, 3.63) is 23.2 Å². The number of nitrogens with zero attached hydrogens (tertiary/aromatic N) is 2. The SMILES string of the molecule is Cc1cc(CN2CCN(CCO)CC2)oc1C(=O)NN. The summed E-state index contributed by atoms with van der Waals surface area (Å²) in [4.78, 5) is 16.0.